The SMILES string of the molecule is O=C(CN1C(=O)c2ccccc2S1(=O)=O)N1c2ccccc2OCC1c1ccccc1. The lowest BCUT2D eigenvalue weighted by Crippen LogP contribution is -2.47. The zero-order chi connectivity index (χ0) is 21.6. The molecule has 5 rings (SSSR count). The molecule has 3 aromatic rings. The Hall–Kier alpha value is -3.65. The number of hydrogen-bond acceptors (Lipinski definition) is 5. The van der Waals surface area contributed by atoms with Crippen LogP contribution < -0.4 is 9.64 Å². The van der Waals surface area contributed by atoms with Crippen LogP contribution >= 0.6 is 0 Å². The molecule has 0 saturated heterocycles. The standard InChI is InChI=1S/C23H18N2O5S/c26-22(14-24-23(27)17-10-4-7-13-21(17)31(24,28)29)25-18-11-5-6-12-20(18)30-15-19(25)16-8-2-1-3-9-16/h1-13,19H,14-15H2. The molecule has 0 bridgehead atoms. The van der Waals surface area contributed by atoms with Crippen molar-refractivity contribution in [2.75, 3.05) is 18.1 Å². The number of carbonyl (C=O) groups is 2. The lowest BCUT2D eigenvalue weighted by atomic mass is 10.0. The molecule has 3 aromatic carbocycles. The minimum atomic E-state index is -4.08. The summed E-state index contributed by atoms with van der Waals surface area (Å²) >= 11 is 0. The van der Waals surface area contributed by atoms with Gasteiger partial charge in [-0.2, -0.15) is 0 Å². The number of carbonyl (C=O) groups excluding carboxylic acids is 2. The van der Waals surface area contributed by atoms with Crippen LogP contribution in [0.5, 0.6) is 5.75 Å². The zero-order valence-electron chi connectivity index (χ0n) is 16.3. The largest absolute Gasteiger partial charge is 0.489 e. The van der Waals surface area contributed by atoms with Crippen molar-refractivity contribution < 1.29 is 22.7 Å². The van der Waals surface area contributed by atoms with Gasteiger partial charge in [0.2, 0.25) is 5.91 Å². The molecule has 2 amide bonds. The van der Waals surface area contributed by atoms with Gasteiger partial charge in [-0.15, -0.1) is 0 Å². The quantitative estimate of drug-likeness (QED) is 0.633. The van der Waals surface area contributed by atoms with E-state index in [1.807, 2.05) is 30.3 Å². The number of para-hydroxylation sites is 2. The third-order valence-electron chi connectivity index (χ3n) is 5.48. The average Bonchev–Trinajstić information content (AvgIpc) is 2.99. The van der Waals surface area contributed by atoms with Crippen molar-refractivity contribution in [2.24, 2.45) is 0 Å². The van der Waals surface area contributed by atoms with Crippen molar-refractivity contribution in [1.82, 2.24) is 4.31 Å². The van der Waals surface area contributed by atoms with Crippen LogP contribution in [-0.4, -0.2) is 37.7 Å². The minimum absolute atomic E-state index is 0.0743. The Morgan fingerprint density at radius 1 is 0.935 bits per heavy atom. The number of ether oxygens (including phenoxy) is 1. The van der Waals surface area contributed by atoms with E-state index < -0.39 is 34.4 Å². The molecule has 8 heteroatoms. The molecule has 0 radical (unpaired) electrons. The number of fused-ring (bicyclic) bond motifs is 2. The van der Waals surface area contributed by atoms with Crippen molar-refractivity contribution in [3.8, 4) is 5.75 Å². The maximum atomic E-state index is 13.5. The second-order valence-corrected chi connectivity index (χ2v) is 9.11. The lowest BCUT2D eigenvalue weighted by Gasteiger charge is -2.37. The van der Waals surface area contributed by atoms with E-state index in [1.54, 1.807) is 36.4 Å². The van der Waals surface area contributed by atoms with Gasteiger partial charge in [0.05, 0.1) is 17.3 Å². The summed E-state index contributed by atoms with van der Waals surface area (Å²) in [6.45, 7) is -0.374. The second-order valence-electron chi connectivity index (χ2n) is 7.28. The number of hydrogen-bond donors (Lipinski definition) is 0. The molecule has 0 aliphatic carbocycles. The maximum Gasteiger partial charge on any atom is 0.269 e. The maximum absolute atomic E-state index is 13.5. The molecule has 2 aliphatic heterocycles. The molecule has 31 heavy (non-hydrogen) atoms. The zero-order valence-corrected chi connectivity index (χ0v) is 17.2. The lowest BCUT2D eigenvalue weighted by molar-refractivity contribution is -0.119. The topological polar surface area (TPSA) is 84.0 Å². The Morgan fingerprint density at radius 3 is 2.39 bits per heavy atom. The van der Waals surface area contributed by atoms with E-state index >= 15 is 0 Å². The highest BCUT2D eigenvalue weighted by atomic mass is 32.2. The first kappa shape index (κ1) is 19.3. The number of sulfonamides is 1. The van der Waals surface area contributed by atoms with Crippen molar-refractivity contribution in [2.45, 2.75) is 10.9 Å². The smallest absolute Gasteiger partial charge is 0.269 e. The Labute approximate surface area is 179 Å². The van der Waals surface area contributed by atoms with Crippen molar-refractivity contribution in [3.05, 3.63) is 90.0 Å². The van der Waals surface area contributed by atoms with Gasteiger partial charge in [-0.3, -0.25) is 14.5 Å². The molecule has 1 atom stereocenters. The first-order chi connectivity index (χ1) is 15.0. The fraction of sp³-hybridized carbons (Fsp3) is 0.130. The number of anilines is 1. The normalized spacial score (nSPS) is 18.8. The second kappa shape index (κ2) is 7.24. The summed E-state index contributed by atoms with van der Waals surface area (Å²) in [5, 5.41) is 0. The number of benzene rings is 3. The third-order valence-corrected chi connectivity index (χ3v) is 7.26. The summed E-state index contributed by atoms with van der Waals surface area (Å²) in [6, 6.07) is 22.0. The number of amides is 2. The molecule has 0 N–H and O–H groups in total. The van der Waals surface area contributed by atoms with E-state index in [-0.39, 0.29) is 17.1 Å². The molecule has 0 spiro atoms. The van der Waals surface area contributed by atoms with Crippen molar-refractivity contribution in [3.63, 3.8) is 0 Å². The van der Waals surface area contributed by atoms with Gasteiger partial charge in [0.15, 0.2) is 0 Å². The number of rotatable bonds is 3. The molecule has 156 valence electrons. The van der Waals surface area contributed by atoms with Gasteiger partial charge in [0, 0.05) is 0 Å². The van der Waals surface area contributed by atoms with E-state index in [2.05, 4.69) is 0 Å². The van der Waals surface area contributed by atoms with Gasteiger partial charge in [-0.1, -0.05) is 54.6 Å². The van der Waals surface area contributed by atoms with E-state index in [9.17, 15) is 18.0 Å². The molecule has 1 unspecified atom stereocenters. The number of nitrogens with zero attached hydrogens (tertiary/aromatic N) is 2. The van der Waals surface area contributed by atoms with E-state index in [0.29, 0.717) is 15.7 Å². The predicted octanol–water partition coefficient (Wildman–Crippen LogP) is 3.00. The molecule has 2 aliphatic rings. The van der Waals surface area contributed by atoms with Gasteiger partial charge >= 0.3 is 0 Å². The fourth-order valence-electron chi connectivity index (χ4n) is 4.00. The van der Waals surface area contributed by atoms with Crippen LogP contribution in [0.3, 0.4) is 0 Å². The van der Waals surface area contributed by atoms with Crippen LogP contribution in [-0.2, 0) is 14.8 Å². The third kappa shape index (κ3) is 3.07. The Kier molecular flexibility index (Phi) is 4.51. The summed E-state index contributed by atoms with van der Waals surface area (Å²) in [5.74, 6) is -0.669. The molecule has 0 fully saturated rings. The highest BCUT2D eigenvalue weighted by molar-refractivity contribution is 7.90. The van der Waals surface area contributed by atoms with Gasteiger partial charge in [0.1, 0.15) is 23.8 Å². The molecular formula is C23H18N2O5S. The summed E-state index contributed by atoms with van der Waals surface area (Å²) in [4.78, 5) is 27.7. The van der Waals surface area contributed by atoms with Crippen LogP contribution in [0.15, 0.2) is 83.8 Å². The van der Waals surface area contributed by atoms with E-state index in [0.717, 1.165) is 5.56 Å². The predicted molar refractivity (Wildman–Crippen MR) is 113 cm³/mol. The molecule has 2 heterocycles. The first-order valence-electron chi connectivity index (χ1n) is 9.73. The van der Waals surface area contributed by atoms with E-state index in [1.165, 1.54) is 17.0 Å². The average molecular weight is 434 g/mol. The van der Waals surface area contributed by atoms with Crippen molar-refractivity contribution in [1.29, 1.82) is 0 Å². The Morgan fingerprint density at radius 2 is 1.61 bits per heavy atom. The highest BCUT2D eigenvalue weighted by Crippen LogP contribution is 2.40. The van der Waals surface area contributed by atoms with Crippen LogP contribution in [0, 0.1) is 0 Å². The van der Waals surface area contributed by atoms with Gasteiger partial charge in [0.25, 0.3) is 15.9 Å². The van der Waals surface area contributed by atoms with Gasteiger partial charge in [-0.05, 0) is 29.8 Å². The molecule has 7 nitrogen and oxygen atoms in total. The Bertz CT molecular complexity index is 1290. The summed E-state index contributed by atoms with van der Waals surface area (Å²) in [6.07, 6.45) is 0. The molecule has 0 saturated carbocycles. The summed E-state index contributed by atoms with van der Waals surface area (Å²) in [7, 11) is -4.08. The van der Waals surface area contributed by atoms with Gasteiger partial charge in [-0.25, -0.2) is 12.7 Å². The fourth-order valence-corrected chi connectivity index (χ4v) is 5.52. The molecule has 0 aromatic heterocycles. The van der Waals surface area contributed by atoms with E-state index in [4.69, 9.17) is 4.74 Å². The minimum Gasteiger partial charge on any atom is -0.489 e. The monoisotopic (exact) mass is 434 g/mol. The van der Waals surface area contributed by atoms with Crippen molar-refractivity contribution >= 4 is 27.5 Å². The van der Waals surface area contributed by atoms with Crippen LogP contribution in [0.25, 0.3) is 0 Å². The Balaban J connectivity index is 1.53. The first-order valence-corrected chi connectivity index (χ1v) is 11.2. The molecular weight excluding hydrogens is 416 g/mol. The summed E-state index contributed by atoms with van der Waals surface area (Å²) < 4.78 is 32.4. The van der Waals surface area contributed by atoms with Gasteiger partial charge < -0.3 is 4.74 Å². The van der Waals surface area contributed by atoms with Crippen LogP contribution in [0.4, 0.5) is 5.69 Å². The highest BCUT2D eigenvalue weighted by Gasteiger charge is 2.44. The van der Waals surface area contributed by atoms with Crippen LogP contribution in [0.1, 0.15) is 22.0 Å². The van der Waals surface area contributed by atoms with Crippen LogP contribution in [0.2, 0.25) is 0 Å². The summed E-state index contributed by atoms with van der Waals surface area (Å²) in [5.41, 5.74) is 1.47.